The van der Waals surface area contributed by atoms with Crippen molar-refractivity contribution in [2.75, 3.05) is 55.0 Å². The third kappa shape index (κ3) is 4.46. The molecule has 1 aromatic heterocycles. The van der Waals surface area contributed by atoms with Crippen LogP contribution in [0.3, 0.4) is 0 Å². The number of nitrogens with one attached hydrogen (secondary N) is 1. The molecule has 0 bridgehead atoms. The highest BCUT2D eigenvalue weighted by Gasteiger charge is 2.54. The summed E-state index contributed by atoms with van der Waals surface area (Å²) >= 11 is 0. The van der Waals surface area contributed by atoms with E-state index >= 15 is 4.39 Å². The maximum atomic E-state index is 15.4. The Kier molecular flexibility index (Phi) is 6.44. The summed E-state index contributed by atoms with van der Waals surface area (Å²) in [6.07, 6.45) is 4.42. The summed E-state index contributed by atoms with van der Waals surface area (Å²) in [5.41, 5.74) is 0.889. The Bertz CT molecular complexity index is 1260. The van der Waals surface area contributed by atoms with E-state index < -0.39 is 5.41 Å². The van der Waals surface area contributed by atoms with E-state index in [1.165, 1.54) is 6.07 Å². The maximum absolute atomic E-state index is 15.4. The molecule has 8 nitrogen and oxygen atoms in total. The Morgan fingerprint density at radius 2 is 1.86 bits per heavy atom. The van der Waals surface area contributed by atoms with Crippen LogP contribution in [0.15, 0.2) is 16.9 Å². The van der Waals surface area contributed by atoms with Crippen LogP contribution < -0.4 is 25.0 Å². The van der Waals surface area contributed by atoms with Gasteiger partial charge in [-0.2, -0.15) is 4.98 Å². The van der Waals surface area contributed by atoms with Crippen molar-refractivity contribution in [2.24, 2.45) is 5.41 Å². The molecule has 1 saturated heterocycles. The molecule has 1 aromatic carbocycles. The zero-order chi connectivity index (χ0) is 26.5. The van der Waals surface area contributed by atoms with Crippen LogP contribution >= 0.6 is 0 Å². The summed E-state index contributed by atoms with van der Waals surface area (Å²) in [4.78, 5) is 39.7. The number of halogens is 1. The molecule has 5 rings (SSSR count). The molecule has 200 valence electrons. The van der Waals surface area contributed by atoms with E-state index in [1.807, 2.05) is 16.8 Å². The van der Waals surface area contributed by atoms with E-state index in [1.54, 1.807) is 18.0 Å². The molecule has 9 heteroatoms. The van der Waals surface area contributed by atoms with Gasteiger partial charge in [-0.1, -0.05) is 20.8 Å². The van der Waals surface area contributed by atoms with Crippen molar-refractivity contribution in [1.29, 1.82) is 0 Å². The Hall–Kier alpha value is -3.10. The number of hydrogen-bond acceptors (Lipinski definition) is 6. The molecular formula is C28H38FN5O3. The minimum absolute atomic E-state index is 0.0987. The van der Waals surface area contributed by atoms with Gasteiger partial charge in [0.25, 0.3) is 5.56 Å². The number of aromatic amines is 1. The molecule has 37 heavy (non-hydrogen) atoms. The first-order valence-electron chi connectivity index (χ1n) is 13.3. The molecule has 3 aliphatic rings. The van der Waals surface area contributed by atoms with Gasteiger partial charge < -0.3 is 19.4 Å². The van der Waals surface area contributed by atoms with Crippen molar-refractivity contribution in [1.82, 2.24) is 9.97 Å². The minimum atomic E-state index is -0.944. The number of amides is 1. The highest BCUT2D eigenvalue weighted by Crippen LogP contribution is 2.52. The van der Waals surface area contributed by atoms with Gasteiger partial charge in [0.1, 0.15) is 17.4 Å². The predicted molar refractivity (Wildman–Crippen MR) is 144 cm³/mol. The Balaban J connectivity index is 1.39. The quantitative estimate of drug-likeness (QED) is 0.611. The van der Waals surface area contributed by atoms with E-state index in [0.29, 0.717) is 55.5 Å². The van der Waals surface area contributed by atoms with Crippen molar-refractivity contribution >= 4 is 23.4 Å². The number of likely N-dealkylation sites (N-methyl/N-ethyl adjacent to an activating group) is 1. The standard InChI is InChI=1S/C28H38FN5O3/c1-27(2,3)11-7-17-37-20-10-9-19(29)21-22(20)33(5)25(36)28(21)12-15-34(16-13-28)26-30-23-18(24(35)31-26)8-6-14-32(23)4/h9-10H,6-8,11-17H2,1-5H3,(H,30,31,35). The monoisotopic (exact) mass is 511 g/mol. The molecule has 0 aliphatic carbocycles. The number of nitrogens with zero attached hydrogens (tertiary/aromatic N) is 4. The second-order valence-electron chi connectivity index (χ2n) is 11.9. The first-order valence-corrected chi connectivity index (χ1v) is 13.3. The number of anilines is 3. The molecule has 1 N–H and O–H groups in total. The lowest BCUT2D eigenvalue weighted by molar-refractivity contribution is -0.123. The van der Waals surface area contributed by atoms with Crippen molar-refractivity contribution < 1.29 is 13.9 Å². The lowest BCUT2D eigenvalue weighted by Crippen LogP contribution is -2.49. The lowest BCUT2D eigenvalue weighted by Gasteiger charge is -2.39. The largest absolute Gasteiger partial charge is 0.491 e. The molecule has 4 heterocycles. The summed E-state index contributed by atoms with van der Waals surface area (Å²) < 4.78 is 21.5. The van der Waals surface area contributed by atoms with Crippen LogP contribution in [0.1, 0.15) is 64.0 Å². The van der Waals surface area contributed by atoms with E-state index in [9.17, 15) is 9.59 Å². The average molecular weight is 512 g/mol. The zero-order valence-corrected chi connectivity index (χ0v) is 22.6. The molecule has 0 radical (unpaired) electrons. The van der Waals surface area contributed by atoms with E-state index in [0.717, 1.165) is 43.6 Å². The Morgan fingerprint density at radius 3 is 2.57 bits per heavy atom. The summed E-state index contributed by atoms with van der Waals surface area (Å²) in [6.45, 7) is 8.94. The predicted octanol–water partition coefficient (Wildman–Crippen LogP) is 4.01. The lowest BCUT2D eigenvalue weighted by atomic mass is 9.73. The number of carbonyl (C=O) groups is 1. The molecule has 2 aromatic rings. The molecule has 1 spiro atoms. The fraction of sp³-hybridized carbons (Fsp3) is 0.607. The number of ether oxygens (including phenoxy) is 1. The van der Waals surface area contributed by atoms with Gasteiger partial charge >= 0.3 is 0 Å². The number of H-pyrrole nitrogens is 1. The number of rotatable bonds is 5. The van der Waals surface area contributed by atoms with E-state index in [4.69, 9.17) is 9.72 Å². The number of hydrogen-bond donors (Lipinski definition) is 1. The van der Waals surface area contributed by atoms with Gasteiger partial charge in [0, 0.05) is 39.3 Å². The third-order valence-corrected chi connectivity index (χ3v) is 8.13. The number of fused-ring (bicyclic) bond motifs is 3. The second-order valence-corrected chi connectivity index (χ2v) is 11.9. The highest BCUT2D eigenvalue weighted by molar-refractivity contribution is 6.09. The molecule has 1 amide bonds. The molecule has 0 unspecified atom stereocenters. The maximum Gasteiger partial charge on any atom is 0.257 e. The SMILES string of the molecule is CN1CCCc2c1nc(N1CCC3(CC1)C(=O)N(C)c1c(OCCCC(C)(C)C)ccc(F)c13)[nH]c2=O. The fourth-order valence-electron chi connectivity index (χ4n) is 6.09. The van der Waals surface area contributed by atoms with Gasteiger partial charge in [0.05, 0.1) is 23.3 Å². The van der Waals surface area contributed by atoms with Crippen LogP contribution in [0.4, 0.5) is 21.8 Å². The average Bonchev–Trinajstić information content (AvgIpc) is 3.06. The van der Waals surface area contributed by atoms with Crippen LogP contribution in [0.2, 0.25) is 0 Å². The van der Waals surface area contributed by atoms with Gasteiger partial charge in [-0.3, -0.25) is 14.6 Å². The van der Waals surface area contributed by atoms with Gasteiger partial charge in [0.2, 0.25) is 11.9 Å². The van der Waals surface area contributed by atoms with E-state index in [-0.39, 0.29) is 22.7 Å². The van der Waals surface area contributed by atoms with Crippen LogP contribution in [0, 0.1) is 11.2 Å². The smallest absolute Gasteiger partial charge is 0.257 e. The van der Waals surface area contributed by atoms with Gasteiger partial charge in [-0.15, -0.1) is 0 Å². The van der Waals surface area contributed by atoms with Crippen LogP contribution in [-0.2, 0) is 16.6 Å². The molecule has 0 atom stereocenters. The summed E-state index contributed by atoms with van der Waals surface area (Å²) in [7, 11) is 3.66. The Morgan fingerprint density at radius 1 is 1.14 bits per heavy atom. The molecule has 1 fully saturated rings. The summed E-state index contributed by atoms with van der Waals surface area (Å²) in [6, 6.07) is 3.07. The normalized spacial score (nSPS) is 18.9. The number of piperidine rings is 1. The topological polar surface area (TPSA) is 81.8 Å². The minimum Gasteiger partial charge on any atom is -0.491 e. The second kappa shape index (κ2) is 9.33. The van der Waals surface area contributed by atoms with Gasteiger partial charge in [-0.05, 0) is 56.1 Å². The van der Waals surface area contributed by atoms with Crippen molar-refractivity contribution in [3.8, 4) is 5.75 Å². The first kappa shape index (κ1) is 25.5. The van der Waals surface area contributed by atoms with Crippen molar-refractivity contribution in [2.45, 2.75) is 64.7 Å². The number of benzene rings is 1. The van der Waals surface area contributed by atoms with Gasteiger partial charge in [0.15, 0.2) is 0 Å². The van der Waals surface area contributed by atoms with Crippen LogP contribution in [0.5, 0.6) is 5.75 Å². The zero-order valence-electron chi connectivity index (χ0n) is 22.6. The number of carbonyl (C=O) groups excluding carboxylic acids is 1. The fourth-order valence-corrected chi connectivity index (χ4v) is 6.09. The highest BCUT2D eigenvalue weighted by atomic mass is 19.1. The molecule has 3 aliphatic heterocycles. The number of aromatic nitrogens is 2. The van der Waals surface area contributed by atoms with Crippen LogP contribution in [0.25, 0.3) is 0 Å². The van der Waals surface area contributed by atoms with Crippen LogP contribution in [-0.4, -0.2) is 56.2 Å². The van der Waals surface area contributed by atoms with Crippen molar-refractivity contribution in [3.63, 3.8) is 0 Å². The summed E-state index contributed by atoms with van der Waals surface area (Å²) in [5.74, 6) is 1.34. The third-order valence-electron chi connectivity index (χ3n) is 8.13. The first-order chi connectivity index (χ1) is 17.5. The Labute approximate surface area is 217 Å². The van der Waals surface area contributed by atoms with Crippen molar-refractivity contribution in [3.05, 3.63) is 39.4 Å². The van der Waals surface area contributed by atoms with Gasteiger partial charge in [-0.25, -0.2) is 4.39 Å². The molecular weight excluding hydrogens is 473 g/mol. The summed E-state index contributed by atoms with van der Waals surface area (Å²) in [5, 5.41) is 0. The van der Waals surface area contributed by atoms with E-state index in [2.05, 4.69) is 25.8 Å². The molecule has 0 saturated carbocycles.